The molecule has 0 aromatic heterocycles. The minimum Gasteiger partial charge on any atom is -0.512 e. The van der Waals surface area contributed by atoms with E-state index in [-0.39, 0.29) is 98.0 Å². The van der Waals surface area contributed by atoms with Crippen LogP contribution in [0, 0.1) is 0 Å². The van der Waals surface area contributed by atoms with Crippen molar-refractivity contribution in [2.45, 2.75) is 87.5 Å². The van der Waals surface area contributed by atoms with Crippen LogP contribution in [-0.4, -0.2) is 65.7 Å². The van der Waals surface area contributed by atoms with Gasteiger partial charge in [-0.05, 0) is 68.2 Å². The molecule has 14 heteroatoms. The summed E-state index contributed by atoms with van der Waals surface area (Å²) in [5.41, 5.74) is 0. The van der Waals surface area contributed by atoms with Crippen LogP contribution in [0.25, 0.3) is 0 Å². The quantitative estimate of drug-likeness (QED) is 0.0727. The van der Waals surface area contributed by atoms with Crippen LogP contribution in [0.15, 0.2) is 47.3 Å². The van der Waals surface area contributed by atoms with Crippen molar-refractivity contribution >= 4 is 35.1 Å². The van der Waals surface area contributed by atoms with Gasteiger partial charge in [0.25, 0.3) is 0 Å². The Balaban J connectivity index is -0.0000000707. The van der Waals surface area contributed by atoms with Gasteiger partial charge in [-0.1, -0.05) is 6.42 Å². The van der Waals surface area contributed by atoms with E-state index in [0.717, 1.165) is 0 Å². The third-order valence-electron chi connectivity index (χ3n) is 2.93. The first-order valence-electron chi connectivity index (χ1n) is 11.6. The Labute approximate surface area is 267 Å². The fourth-order valence-corrected chi connectivity index (χ4v) is 1.91. The summed E-state index contributed by atoms with van der Waals surface area (Å²) in [6.07, 6.45) is 6.77. The number of aliphatic hydroxyl groups is 4. The molecule has 0 bridgehead atoms. The predicted octanol–water partition coefficient (Wildman–Crippen LogP) is 5.25. The Morgan fingerprint density at radius 2 is 0.561 bits per heavy atom. The molecular weight excluding hydrogens is 718 g/mol. The second-order valence-corrected chi connectivity index (χ2v) is 7.93. The van der Waals surface area contributed by atoms with Crippen LogP contribution in [-0.2, 0) is 67.7 Å². The molecule has 0 saturated carbocycles. The van der Waals surface area contributed by atoms with E-state index >= 15 is 0 Å². The van der Waals surface area contributed by atoms with Gasteiger partial charge in [0.15, 0.2) is 23.1 Å². The summed E-state index contributed by atoms with van der Waals surface area (Å²) in [7, 11) is 0. The fourth-order valence-electron chi connectivity index (χ4n) is 1.91. The molecule has 0 aromatic carbocycles. The Kier molecular flexibility index (Phi) is 48.9. The number of aliphatic carboxylic acids is 2. The molecule has 240 valence electrons. The van der Waals surface area contributed by atoms with Crippen molar-refractivity contribution in [1.29, 1.82) is 0 Å². The maximum atomic E-state index is 10.0. The second kappa shape index (κ2) is 37.0. The van der Waals surface area contributed by atoms with Crippen LogP contribution in [0.5, 0.6) is 0 Å². The summed E-state index contributed by atoms with van der Waals surface area (Å²) in [6, 6.07) is 0. The molecule has 0 aliphatic carbocycles. The smallest absolute Gasteiger partial charge is 0.303 e. The van der Waals surface area contributed by atoms with Gasteiger partial charge in [-0.25, -0.2) is 0 Å². The summed E-state index contributed by atoms with van der Waals surface area (Å²) in [6.45, 7) is 11.4. The van der Waals surface area contributed by atoms with Gasteiger partial charge in [0.05, 0.1) is 23.0 Å². The van der Waals surface area contributed by atoms with E-state index in [2.05, 4.69) is 0 Å². The van der Waals surface area contributed by atoms with E-state index in [1.165, 1.54) is 79.7 Å². The number of ketones is 4. The number of carbonyl (C=O) groups excluding carboxylic acids is 4. The predicted molar refractivity (Wildman–Crippen MR) is 147 cm³/mol. The minimum absolute atomic E-state index is 0. The first-order valence-corrected chi connectivity index (χ1v) is 11.6. The van der Waals surface area contributed by atoms with Crippen molar-refractivity contribution in [2.75, 3.05) is 0 Å². The van der Waals surface area contributed by atoms with Crippen molar-refractivity contribution in [1.82, 2.24) is 0 Å². The third kappa shape index (κ3) is 103. The topological polar surface area (TPSA) is 224 Å². The number of carboxylic acids is 2. The van der Waals surface area contributed by atoms with Crippen LogP contribution in [0.2, 0.25) is 0 Å². The summed E-state index contributed by atoms with van der Waals surface area (Å²) < 4.78 is 0. The second-order valence-electron chi connectivity index (χ2n) is 7.93. The molecular formula is C27H44O12Ru2. The molecule has 0 spiro atoms. The molecule has 0 heterocycles. The summed E-state index contributed by atoms with van der Waals surface area (Å²) in [5.74, 6) is -1.89. The molecule has 12 nitrogen and oxygen atoms in total. The van der Waals surface area contributed by atoms with E-state index in [1.807, 2.05) is 0 Å². The molecule has 0 amide bonds. The number of unbranched alkanes of at least 4 members (excludes halogenated alkanes) is 2. The van der Waals surface area contributed by atoms with Crippen LogP contribution >= 0.6 is 0 Å². The first-order chi connectivity index (χ1) is 17.6. The molecule has 0 atom stereocenters. The molecule has 0 aliphatic heterocycles. The Bertz CT molecular complexity index is 758. The van der Waals surface area contributed by atoms with Gasteiger partial charge in [0.2, 0.25) is 0 Å². The van der Waals surface area contributed by atoms with Gasteiger partial charge in [0, 0.05) is 76.1 Å². The zero-order chi connectivity index (χ0) is 32.1. The standard InChI is InChI=1S/C7H12O4.4C5H8O2.2Ru/c8-6(9)4-2-1-3-5-7(10)11;4*1-4(6)3-5(2)7;;/h1-5H2,(H,8,9)(H,10,11);4*3,6H,1-2H3;;/b;4*4-3-;;. The van der Waals surface area contributed by atoms with Crippen molar-refractivity contribution in [3.8, 4) is 0 Å². The van der Waals surface area contributed by atoms with Crippen LogP contribution in [0.1, 0.15) is 87.5 Å². The zero-order valence-corrected chi connectivity index (χ0v) is 28.2. The average molecular weight is 763 g/mol. The zero-order valence-electron chi connectivity index (χ0n) is 24.7. The van der Waals surface area contributed by atoms with Gasteiger partial charge in [-0.15, -0.1) is 0 Å². The third-order valence-corrected chi connectivity index (χ3v) is 2.93. The van der Waals surface area contributed by atoms with E-state index in [9.17, 15) is 28.8 Å². The summed E-state index contributed by atoms with van der Waals surface area (Å²) >= 11 is 0. The SMILES string of the molecule is CC(=O)/C=C(/C)O.CC(=O)/C=C(/C)O.CC(=O)/C=C(/C)O.CC(=O)/C=C(/C)O.O=C(O)CCCCCC(=O)O.[Ru].[Ru]. The van der Waals surface area contributed by atoms with Crippen LogP contribution < -0.4 is 0 Å². The molecule has 41 heavy (non-hydrogen) atoms. The van der Waals surface area contributed by atoms with Crippen molar-refractivity contribution in [2.24, 2.45) is 0 Å². The van der Waals surface area contributed by atoms with E-state index in [4.69, 9.17) is 30.6 Å². The van der Waals surface area contributed by atoms with E-state index < -0.39 is 11.9 Å². The molecule has 0 aromatic rings. The van der Waals surface area contributed by atoms with Crippen molar-refractivity contribution in [3.63, 3.8) is 0 Å². The Hall–Kier alpha value is -2.97. The average Bonchev–Trinajstić information content (AvgIpc) is 2.64. The molecule has 0 rings (SSSR count). The van der Waals surface area contributed by atoms with E-state index in [0.29, 0.717) is 19.3 Å². The van der Waals surface area contributed by atoms with Crippen LogP contribution in [0.3, 0.4) is 0 Å². The number of carboxylic acid groups (broad SMARTS) is 2. The van der Waals surface area contributed by atoms with Gasteiger partial charge in [-0.2, -0.15) is 0 Å². The van der Waals surface area contributed by atoms with Crippen LogP contribution in [0.4, 0.5) is 0 Å². The Morgan fingerprint density at radius 3 is 0.634 bits per heavy atom. The van der Waals surface area contributed by atoms with Gasteiger partial charge in [-0.3, -0.25) is 28.8 Å². The number of rotatable bonds is 10. The van der Waals surface area contributed by atoms with Gasteiger partial charge >= 0.3 is 11.9 Å². The normalized spacial score (nSPS) is 10.3. The van der Waals surface area contributed by atoms with Crippen molar-refractivity contribution in [3.05, 3.63) is 47.3 Å². The largest absolute Gasteiger partial charge is 0.512 e. The molecule has 0 fully saturated rings. The fraction of sp³-hybridized carbons (Fsp3) is 0.481. The molecule has 0 saturated heterocycles. The maximum Gasteiger partial charge on any atom is 0.303 e. The monoisotopic (exact) mass is 764 g/mol. The number of allylic oxidation sites excluding steroid dienone is 8. The number of carbonyl (C=O) groups is 6. The molecule has 0 unspecified atom stereocenters. The first kappa shape index (κ1) is 54.2. The maximum absolute atomic E-state index is 10.0. The summed E-state index contributed by atoms with van der Waals surface area (Å²) in [4.78, 5) is 60.0. The number of hydrogen-bond donors (Lipinski definition) is 6. The molecule has 6 N–H and O–H groups in total. The Morgan fingerprint density at radius 1 is 0.390 bits per heavy atom. The minimum atomic E-state index is -0.819. The number of hydrogen-bond acceptors (Lipinski definition) is 10. The number of aliphatic hydroxyl groups excluding tert-OH is 4. The van der Waals surface area contributed by atoms with Crippen molar-refractivity contribution < 1.29 is 98.4 Å². The van der Waals surface area contributed by atoms with Gasteiger partial charge < -0.3 is 30.6 Å². The summed E-state index contributed by atoms with van der Waals surface area (Å²) in [5, 5.41) is 49.9. The molecule has 0 aliphatic rings. The van der Waals surface area contributed by atoms with Gasteiger partial charge in [0.1, 0.15) is 0 Å². The van der Waals surface area contributed by atoms with E-state index in [1.54, 1.807) is 0 Å². The molecule has 0 radical (unpaired) electrons.